The van der Waals surface area contributed by atoms with Crippen molar-refractivity contribution in [3.05, 3.63) is 23.9 Å². The Balaban J connectivity index is 2.12. The molecule has 0 spiro atoms. The van der Waals surface area contributed by atoms with Gasteiger partial charge in [-0.1, -0.05) is 6.07 Å². The zero-order valence-corrected chi connectivity index (χ0v) is 8.19. The lowest BCUT2D eigenvalue weighted by molar-refractivity contribution is 0.00711. The molecule has 0 atom stereocenters. The standard InChI is InChI=1S/C11H13NO2/c1-11(6-3-7-11)14-10-5-2-4-9(8-13)12-10/h2,4-5,8H,3,6-7H2,1H3. The van der Waals surface area contributed by atoms with Crippen LogP contribution in [0.25, 0.3) is 0 Å². The van der Waals surface area contributed by atoms with Crippen LogP contribution in [0.1, 0.15) is 36.7 Å². The van der Waals surface area contributed by atoms with Gasteiger partial charge in [0.25, 0.3) is 0 Å². The van der Waals surface area contributed by atoms with E-state index in [9.17, 15) is 4.79 Å². The molecule has 74 valence electrons. The van der Waals surface area contributed by atoms with Crippen molar-refractivity contribution in [2.45, 2.75) is 31.8 Å². The summed E-state index contributed by atoms with van der Waals surface area (Å²) in [7, 11) is 0. The average molecular weight is 191 g/mol. The molecule has 2 rings (SSSR count). The molecule has 1 heterocycles. The third kappa shape index (κ3) is 1.76. The third-order valence-corrected chi connectivity index (χ3v) is 2.63. The lowest BCUT2D eigenvalue weighted by Crippen LogP contribution is -2.39. The maximum Gasteiger partial charge on any atom is 0.214 e. The van der Waals surface area contributed by atoms with E-state index in [0.29, 0.717) is 11.6 Å². The molecule has 0 N–H and O–H groups in total. The quantitative estimate of drug-likeness (QED) is 0.687. The highest BCUT2D eigenvalue weighted by Crippen LogP contribution is 2.35. The Kier molecular flexibility index (Phi) is 2.23. The number of aromatic nitrogens is 1. The molecular weight excluding hydrogens is 178 g/mol. The van der Waals surface area contributed by atoms with Crippen molar-refractivity contribution in [3.8, 4) is 5.88 Å². The van der Waals surface area contributed by atoms with Crippen LogP contribution >= 0.6 is 0 Å². The van der Waals surface area contributed by atoms with Crippen LogP contribution in [0.15, 0.2) is 18.2 Å². The van der Waals surface area contributed by atoms with Gasteiger partial charge in [-0.25, -0.2) is 4.98 Å². The first-order chi connectivity index (χ1) is 6.72. The van der Waals surface area contributed by atoms with Gasteiger partial charge in [-0.3, -0.25) is 4.79 Å². The zero-order chi connectivity index (χ0) is 10.0. The van der Waals surface area contributed by atoms with E-state index >= 15 is 0 Å². The van der Waals surface area contributed by atoms with E-state index in [1.165, 1.54) is 6.42 Å². The number of ether oxygens (including phenoxy) is 1. The Morgan fingerprint density at radius 3 is 2.86 bits per heavy atom. The number of carbonyl (C=O) groups excluding carboxylic acids is 1. The molecule has 0 aromatic carbocycles. The molecule has 1 aromatic rings. The highest BCUT2D eigenvalue weighted by Gasteiger charge is 2.34. The van der Waals surface area contributed by atoms with Crippen LogP contribution in [0.5, 0.6) is 5.88 Å². The number of rotatable bonds is 3. The number of pyridine rings is 1. The van der Waals surface area contributed by atoms with Crippen molar-refractivity contribution in [2.75, 3.05) is 0 Å². The van der Waals surface area contributed by atoms with Gasteiger partial charge in [0.1, 0.15) is 11.3 Å². The second-order valence-electron chi connectivity index (χ2n) is 3.92. The summed E-state index contributed by atoms with van der Waals surface area (Å²) < 4.78 is 5.71. The van der Waals surface area contributed by atoms with Gasteiger partial charge < -0.3 is 4.74 Å². The fourth-order valence-corrected chi connectivity index (χ4v) is 1.58. The minimum atomic E-state index is -0.0610. The largest absolute Gasteiger partial charge is 0.471 e. The Morgan fingerprint density at radius 1 is 1.50 bits per heavy atom. The lowest BCUT2D eigenvalue weighted by Gasteiger charge is -2.37. The van der Waals surface area contributed by atoms with Crippen LogP contribution in [0.4, 0.5) is 0 Å². The fourth-order valence-electron chi connectivity index (χ4n) is 1.58. The van der Waals surface area contributed by atoms with Gasteiger partial charge >= 0.3 is 0 Å². The summed E-state index contributed by atoms with van der Waals surface area (Å²) in [6.07, 6.45) is 4.08. The van der Waals surface area contributed by atoms with E-state index in [2.05, 4.69) is 11.9 Å². The van der Waals surface area contributed by atoms with E-state index in [0.717, 1.165) is 19.1 Å². The monoisotopic (exact) mass is 191 g/mol. The van der Waals surface area contributed by atoms with Crippen molar-refractivity contribution >= 4 is 6.29 Å². The first-order valence-electron chi connectivity index (χ1n) is 4.83. The van der Waals surface area contributed by atoms with Crippen molar-refractivity contribution in [1.82, 2.24) is 4.98 Å². The second kappa shape index (κ2) is 3.40. The minimum Gasteiger partial charge on any atom is -0.471 e. The maximum atomic E-state index is 10.5. The van der Waals surface area contributed by atoms with E-state index in [1.54, 1.807) is 18.2 Å². The predicted molar refractivity (Wildman–Crippen MR) is 52.5 cm³/mol. The highest BCUT2D eigenvalue weighted by molar-refractivity contribution is 5.71. The molecule has 14 heavy (non-hydrogen) atoms. The zero-order valence-electron chi connectivity index (χ0n) is 8.19. The summed E-state index contributed by atoms with van der Waals surface area (Å²) in [5.74, 6) is 0.553. The number of aldehydes is 1. The van der Waals surface area contributed by atoms with Gasteiger partial charge in [0.2, 0.25) is 5.88 Å². The van der Waals surface area contributed by atoms with Crippen molar-refractivity contribution < 1.29 is 9.53 Å². The van der Waals surface area contributed by atoms with Crippen LogP contribution < -0.4 is 4.74 Å². The Bertz CT molecular complexity index is 345. The predicted octanol–water partition coefficient (Wildman–Crippen LogP) is 2.22. The van der Waals surface area contributed by atoms with Gasteiger partial charge in [0.15, 0.2) is 6.29 Å². The Hall–Kier alpha value is -1.38. The summed E-state index contributed by atoms with van der Waals surface area (Å²) in [4.78, 5) is 14.6. The molecule has 1 fully saturated rings. The molecule has 0 bridgehead atoms. The normalized spacial score (nSPS) is 18.4. The third-order valence-electron chi connectivity index (χ3n) is 2.63. The summed E-state index contributed by atoms with van der Waals surface area (Å²) in [5, 5.41) is 0. The van der Waals surface area contributed by atoms with Crippen LogP contribution in [0.2, 0.25) is 0 Å². The number of nitrogens with zero attached hydrogens (tertiary/aromatic N) is 1. The van der Waals surface area contributed by atoms with E-state index in [-0.39, 0.29) is 5.60 Å². The van der Waals surface area contributed by atoms with Crippen LogP contribution in [-0.2, 0) is 0 Å². The van der Waals surface area contributed by atoms with Crippen molar-refractivity contribution in [3.63, 3.8) is 0 Å². The van der Waals surface area contributed by atoms with Gasteiger partial charge in [-0.2, -0.15) is 0 Å². The summed E-state index contributed by atoms with van der Waals surface area (Å²) in [6.45, 7) is 2.08. The first kappa shape index (κ1) is 9.19. The lowest BCUT2D eigenvalue weighted by atomic mass is 9.82. The van der Waals surface area contributed by atoms with E-state index < -0.39 is 0 Å². The molecule has 1 aliphatic rings. The molecule has 1 aliphatic carbocycles. The van der Waals surface area contributed by atoms with Crippen molar-refractivity contribution in [1.29, 1.82) is 0 Å². The van der Waals surface area contributed by atoms with E-state index in [1.807, 2.05) is 0 Å². The summed E-state index contributed by atoms with van der Waals surface area (Å²) >= 11 is 0. The molecule has 1 aromatic heterocycles. The molecule has 0 radical (unpaired) electrons. The average Bonchev–Trinajstić information content (AvgIpc) is 2.16. The van der Waals surface area contributed by atoms with Crippen LogP contribution in [0, 0.1) is 0 Å². The van der Waals surface area contributed by atoms with Crippen LogP contribution in [0.3, 0.4) is 0 Å². The molecule has 0 amide bonds. The van der Waals surface area contributed by atoms with Gasteiger partial charge in [0.05, 0.1) is 0 Å². The van der Waals surface area contributed by atoms with Crippen molar-refractivity contribution in [2.24, 2.45) is 0 Å². The molecule has 3 heteroatoms. The molecule has 3 nitrogen and oxygen atoms in total. The number of hydrogen-bond donors (Lipinski definition) is 0. The first-order valence-corrected chi connectivity index (χ1v) is 4.83. The van der Waals surface area contributed by atoms with Crippen LogP contribution in [-0.4, -0.2) is 16.9 Å². The topological polar surface area (TPSA) is 39.2 Å². The molecule has 1 saturated carbocycles. The van der Waals surface area contributed by atoms with Gasteiger partial charge in [-0.05, 0) is 32.3 Å². The summed E-state index contributed by atoms with van der Waals surface area (Å²) in [6, 6.07) is 5.24. The molecular formula is C11H13NO2. The van der Waals surface area contributed by atoms with E-state index in [4.69, 9.17) is 4.74 Å². The fraction of sp³-hybridized carbons (Fsp3) is 0.455. The SMILES string of the molecule is CC1(Oc2cccc(C=O)n2)CCC1. The highest BCUT2D eigenvalue weighted by atomic mass is 16.5. The molecule has 0 saturated heterocycles. The molecule has 0 unspecified atom stereocenters. The van der Waals surface area contributed by atoms with Gasteiger partial charge in [0, 0.05) is 6.07 Å². The minimum absolute atomic E-state index is 0.0610. The second-order valence-corrected chi connectivity index (χ2v) is 3.92. The maximum absolute atomic E-state index is 10.5. The smallest absolute Gasteiger partial charge is 0.214 e. The summed E-state index contributed by atoms with van der Waals surface area (Å²) in [5.41, 5.74) is 0.361. The number of carbonyl (C=O) groups is 1. The molecule has 0 aliphatic heterocycles. The Morgan fingerprint density at radius 2 is 2.29 bits per heavy atom. The van der Waals surface area contributed by atoms with Gasteiger partial charge in [-0.15, -0.1) is 0 Å². The Labute approximate surface area is 83.1 Å². The number of hydrogen-bond acceptors (Lipinski definition) is 3.